The number of benzene rings is 1. The Morgan fingerprint density at radius 2 is 2.20 bits per heavy atom. The summed E-state index contributed by atoms with van der Waals surface area (Å²) in [5.41, 5.74) is 6.35. The fraction of sp³-hybridized carbons (Fsp3) is 0.286. The molecule has 2 aromatic rings. The van der Waals surface area contributed by atoms with E-state index in [9.17, 15) is 0 Å². The van der Waals surface area contributed by atoms with E-state index in [1.54, 1.807) is 19.4 Å². The van der Waals surface area contributed by atoms with Crippen LogP contribution in [-0.2, 0) is 6.54 Å². The highest BCUT2D eigenvalue weighted by molar-refractivity contribution is 7.80. The van der Waals surface area contributed by atoms with E-state index in [1.807, 2.05) is 29.8 Å². The predicted molar refractivity (Wildman–Crippen MR) is 81.3 cm³/mol. The van der Waals surface area contributed by atoms with Gasteiger partial charge in [0, 0.05) is 18.0 Å². The lowest BCUT2D eigenvalue weighted by Crippen LogP contribution is -2.11. The molecule has 0 aliphatic rings. The normalized spacial score (nSPS) is 10.3. The van der Waals surface area contributed by atoms with Crippen molar-refractivity contribution >= 4 is 17.2 Å². The van der Waals surface area contributed by atoms with Crippen LogP contribution in [0, 0.1) is 6.92 Å². The lowest BCUT2D eigenvalue weighted by molar-refractivity contribution is 0.278. The van der Waals surface area contributed by atoms with Gasteiger partial charge in [-0.1, -0.05) is 12.2 Å². The molecule has 20 heavy (non-hydrogen) atoms. The molecule has 0 atom stereocenters. The molecule has 0 unspecified atom stereocenters. The first-order chi connectivity index (χ1) is 9.61. The number of rotatable bonds is 6. The fourth-order valence-electron chi connectivity index (χ4n) is 1.83. The van der Waals surface area contributed by atoms with Gasteiger partial charge in [0.1, 0.15) is 17.4 Å². The van der Waals surface area contributed by atoms with Crippen LogP contribution in [0.2, 0.25) is 0 Å². The molecule has 0 bridgehead atoms. The van der Waals surface area contributed by atoms with Gasteiger partial charge in [0.2, 0.25) is 0 Å². The number of methoxy groups -OCH3 is 1. The summed E-state index contributed by atoms with van der Waals surface area (Å²) >= 11 is 4.94. The molecular weight excluding hydrogens is 274 g/mol. The van der Waals surface area contributed by atoms with Gasteiger partial charge in [0.15, 0.2) is 11.5 Å². The molecule has 0 amide bonds. The molecule has 0 aliphatic carbocycles. The quantitative estimate of drug-likeness (QED) is 0.824. The number of imidazole rings is 1. The van der Waals surface area contributed by atoms with Gasteiger partial charge in [-0.25, -0.2) is 4.98 Å². The largest absolute Gasteiger partial charge is 0.493 e. The van der Waals surface area contributed by atoms with Gasteiger partial charge < -0.3 is 19.8 Å². The Balaban J connectivity index is 2.02. The van der Waals surface area contributed by atoms with Gasteiger partial charge >= 0.3 is 0 Å². The van der Waals surface area contributed by atoms with E-state index in [1.165, 1.54) is 0 Å². The smallest absolute Gasteiger partial charge is 0.161 e. The summed E-state index contributed by atoms with van der Waals surface area (Å²) in [4.78, 5) is 4.50. The maximum atomic E-state index is 5.73. The predicted octanol–water partition coefficient (Wildman–Crippen LogP) is 1.91. The summed E-state index contributed by atoms with van der Waals surface area (Å²) in [5.74, 6) is 2.26. The third kappa shape index (κ3) is 3.27. The minimum absolute atomic E-state index is 0.337. The van der Waals surface area contributed by atoms with Crippen LogP contribution in [0.5, 0.6) is 11.5 Å². The van der Waals surface area contributed by atoms with Crippen LogP contribution in [-0.4, -0.2) is 28.3 Å². The molecule has 6 heteroatoms. The standard InChI is InChI=1S/C14H17N3O2S/c1-10-16-5-6-17(10)7-8-19-12-4-3-11(14(15)20)9-13(12)18-2/h3-6,9H,7-8H2,1-2H3,(H2,15,20). The zero-order valence-electron chi connectivity index (χ0n) is 11.5. The monoisotopic (exact) mass is 291 g/mol. The zero-order valence-corrected chi connectivity index (χ0v) is 12.3. The second-order valence-corrected chi connectivity index (χ2v) is 4.69. The highest BCUT2D eigenvalue weighted by atomic mass is 32.1. The molecule has 5 nitrogen and oxygen atoms in total. The maximum absolute atomic E-state index is 5.73. The molecule has 2 N–H and O–H groups in total. The van der Waals surface area contributed by atoms with Gasteiger partial charge in [0.05, 0.1) is 13.7 Å². The zero-order chi connectivity index (χ0) is 14.5. The third-order valence-electron chi connectivity index (χ3n) is 2.96. The van der Waals surface area contributed by atoms with Crippen LogP contribution in [0.1, 0.15) is 11.4 Å². The van der Waals surface area contributed by atoms with Crippen LogP contribution in [0.15, 0.2) is 30.6 Å². The topological polar surface area (TPSA) is 62.3 Å². The van der Waals surface area contributed by atoms with Crippen LogP contribution in [0.4, 0.5) is 0 Å². The molecule has 0 saturated heterocycles. The van der Waals surface area contributed by atoms with Crippen LogP contribution in [0.3, 0.4) is 0 Å². The number of hydrogen-bond donors (Lipinski definition) is 1. The van der Waals surface area contributed by atoms with Crippen molar-refractivity contribution in [3.63, 3.8) is 0 Å². The Morgan fingerprint density at radius 1 is 1.40 bits per heavy atom. The highest BCUT2D eigenvalue weighted by Crippen LogP contribution is 2.28. The third-order valence-corrected chi connectivity index (χ3v) is 3.20. The van der Waals surface area contributed by atoms with Crippen LogP contribution in [0.25, 0.3) is 0 Å². The van der Waals surface area contributed by atoms with E-state index >= 15 is 0 Å². The van der Waals surface area contributed by atoms with Crippen molar-refractivity contribution in [2.24, 2.45) is 5.73 Å². The summed E-state index contributed by atoms with van der Waals surface area (Å²) in [6.45, 7) is 3.21. The Morgan fingerprint density at radius 3 is 2.80 bits per heavy atom. The van der Waals surface area contributed by atoms with E-state index < -0.39 is 0 Å². The van der Waals surface area contributed by atoms with E-state index in [0.717, 1.165) is 17.9 Å². The summed E-state index contributed by atoms with van der Waals surface area (Å²) in [6, 6.07) is 5.41. The van der Waals surface area contributed by atoms with E-state index in [0.29, 0.717) is 23.1 Å². The molecule has 0 spiro atoms. The van der Waals surface area contributed by atoms with Crippen molar-refractivity contribution < 1.29 is 9.47 Å². The van der Waals surface area contributed by atoms with Gasteiger partial charge in [-0.15, -0.1) is 0 Å². The molecule has 0 fully saturated rings. The molecule has 1 aromatic carbocycles. The lowest BCUT2D eigenvalue weighted by Gasteiger charge is -2.12. The molecular formula is C14H17N3O2S. The summed E-state index contributed by atoms with van der Waals surface area (Å²) in [6.07, 6.45) is 3.69. The molecule has 0 aliphatic heterocycles. The van der Waals surface area contributed by atoms with Crippen LogP contribution < -0.4 is 15.2 Å². The first-order valence-electron chi connectivity index (χ1n) is 6.20. The molecule has 1 heterocycles. The first kappa shape index (κ1) is 14.3. The van der Waals surface area contributed by atoms with E-state index in [4.69, 9.17) is 27.4 Å². The minimum atomic E-state index is 0.337. The Labute approximate surface area is 123 Å². The van der Waals surface area contributed by atoms with E-state index in [-0.39, 0.29) is 0 Å². The second-order valence-electron chi connectivity index (χ2n) is 4.25. The van der Waals surface area contributed by atoms with Gasteiger partial charge in [-0.05, 0) is 25.1 Å². The number of thiocarbonyl (C=S) groups is 1. The van der Waals surface area contributed by atoms with E-state index in [2.05, 4.69) is 4.98 Å². The second kappa shape index (κ2) is 6.38. The number of aromatic nitrogens is 2. The average molecular weight is 291 g/mol. The lowest BCUT2D eigenvalue weighted by atomic mass is 10.2. The van der Waals surface area contributed by atoms with Crippen molar-refractivity contribution in [1.29, 1.82) is 0 Å². The molecule has 0 saturated carbocycles. The van der Waals surface area contributed by atoms with Gasteiger partial charge in [-0.3, -0.25) is 0 Å². The Bertz CT molecular complexity index is 610. The Kier molecular flexibility index (Phi) is 4.57. The highest BCUT2D eigenvalue weighted by Gasteiger charge is 2.07. The SMILES string of the molecule is COc1cc(C(N)=S)ccc1OCCn1ccnc1C. The summed E-state index contributed by atoms with van der Waals surface area (Å²) < 4.78 is 13.0. The van der Waals surface area contributed by atoms with Crippen molar-refractivity contribution in [2.75, 3.05) is 13.7 Å². The molecule has 1 aromatic heterocycles. The van der Waals surface area contributed by atoms with Gasteiger partial charge in [-0.2, -0.15) is 0 Å². The maximum Gasteiger partial charge on any atom is 0.161 e. The minimum Gasteiger partial charge on any atom is -0.493 e. The van der Waals surface area contributed by atoms with Crippen molar-refractivity contribution in [2.45, 2.75) is 13.5 Å². The number of nitrogens with two attached hydrogens (primary N) is 1. The molecule has 106 valence electrons. The fourth-order valence-corrected chi connectivity index (χ4v) is 1.96. The van der Waals surface area contributed by atoms with Crippen molar-refractivity contribution in [1.82, 2.24) is 9.55 Å². The number of aryl methyl sites for hydroxylation is 1. The summed E-state index contributed by atoms with van der Waals surface area (Å²) in [7, 11) is 1.59. The van der Waals surface area contributed by atoms with Crippen LogP contribution >= 0.6 is 12.2 Å². The van der Waals surface area contributed by atoms with Gasteiger partial charge in [0.25, 0.3) is 0 Å². The number of hydrogen-bond acceptors (Lipinski definition) is 4. The average Bonchev–Trinajstić information content (AvgIpc) is 2.84. The summed E-state index contributed by atoms with van der Waals surface area (Å²) in [5, 5.41) is 0. The van der Waals surface area contributed by atoms with Crippen molar-refractivity contribution in [3.05, 3.63) is 42.0 Å². The number of nitrogens with zero attached hydrogens (tertiary/aromatic N) is 2. The first-order valence-corrected chi connectivity index (χ1v) is 6.61. The van der Waals surface area contributed by atoms with Crippen molar-refractivity contribution in [3.8, 4) is 11.5 Å². The molecule has 0 radical (unpaired) electrons. The number of ether oxygens (including phenoxy) is 2. The Hall–Kier alpha value is -2.08. The molecule has 2 rings (SSSR count).